The van der Waals surface area contributed by atoms with Gasteiger partial charge in [-0.2, -0.15) is 0 Å². The normalized spacial score (nSPS) is 31.7. The van der Waals surface area contributed by atoms with Crippen LogP contribution in [0.3, 0.4) is 0 Å². The van der Waals surface area contributed by atoms with Gasteiger partial charge in [0.2, 0.25) is 0 Å². The van der Waals surface area contributed by atoms with Crippen LogP contribution in [0.25, 0.3) is 0 Å². The molecule has 2 heterocycles. The summed E-state index contributed by atoms with van der Waals surface area (Å²) in [6.07, 6.45) is 3.06. The fourth-order valence-corrected chi connectivity index (χ4v) is 2.61. The second-order valence-electron chi connectivity index (χ2n) is 5.62. The molecule has 2 nitrogen and oxygen atoms in total. The summed E-state index contributed by atoms with van der Waals surface area (Å²) in [5.41, 5.74) is 0.249. The lowest BCUT2D eigenvalue weighted by molar-refractivity contribution is -0.151. The molecule has 0 N–H and O–H groups in total. The third-order valence-electron chi connectivity index (χ3n) is 3.74. The van der Waals surface area contributed by atoms with Gasteiger partial charge in [-0.25, -0.2) is 0 Å². The Bertz CT molecular complexity index is 206. The van der Waals surface area contributed by atoms with Crippen molar-refractivity contribution in [3.05, 3.63) is 0 Å². The van der Waals surface area contributed by atoms with Crippen LogP contribution in [0.4, 0.5) is 0 Å². The monoisotopic (exact) mass is 197 g/mol. The summed E-state index contributed by atoms with van der Waals surface area (Å²) in [5, 5.41) is 0. The Morgan fingerprint density at radius 3 is 2.29 bits per heavy atom. The van der Waals surface area contributed by atoms with Gasteiger partial charge in [0.25, 0.3) is 0 Å². The van der Waals surface area contributed by atoms with Gasteiger partial charge in [0.05, 0.1) is 11.7 Å². The number of ether oxygens (including phenoxy) is 1. The Kier molecular flexibility index (Phi) is 2.61. The van der Waals surface area contributed by atoms with Crippen molar-refractivity contribution in [1.82, 2.24) is 4.90 Å². The summed E-state index contributed by atoms with van der Waals surface area (Å²) < 4.78 is 6.19. The van der Waals surface area contributed by atoms with Crippen LogP contribution < -0.4 is 0 Å². The smallest absolute Gasteiger partial charge is 0.0939 e. The van der Waals surface area contributed by atoms with Gasteiger partial charge in [0.1, 0.15) is 0 Å². The molecule has 0 aromatic carbocycles. The van der Waals surface area contributed by atoms with E-state index in [0.29, 0.717) is 18.1 Å². The molecular formula is C12H23NO. The van der Waals surface area contributed by atoms with E-state index in [1.807, 2.05) is 0 Å². The summed E-state index contributed by atoms with van der Waals surface area (Å²) >= 11 is 0. The Morgan fingerprint density at radius 1 is 1.21 bits per heavy atom. The minimum atomic E-state index is 0.249. The molecule has 1 unspecified atom stereocenters. The second kappa shape index (κ2) is 3.49. The maximum atomic E-state index is 6.19. The highest BCUT2D eigenvalue weighted by Gasteiger charge is 2.50. The highest BCUT2D eigenvalue weighted by molar-refractivity contribution is 5.02. The van der Waals surface area contributed by atoms with Gasteiger partial charge in [-0.3, -0.25) is 4.90 Å². The molecule has 82 valence electrons. The molecule has 0 aromatic heterocycles. The van der Waals surface area contributed by atoms with Crippen LogP contribution in [-0.4, -0.2) is 35.7 Å². The zero-order chi connectivity index (χ0) is 10.3. The van der Waals surface area contributed by atoms with Gasteiger partial charge in [0, 0.05) is 19.1 Å². The average molecular weight is 197 g/mol. The SMILES string of the molecule is CC(C)C1CCC2(CN(C(C)C)C2)O1. The molecule has 0 aromatic rings. The second-order valence-corrected chi connectivity index (χ2v) is 5.62. The molecule has 0 radical (unpaired) electrons. The summed E-state index contributed by atoms with van der Waals surface area (Å²) in [6.45, 7) is 11.4. The molecule has 0 saturated carbocycles. The van der Waals surface area contributed by atoms with E-state index in [0.717, 1.165) is 13.1 Å². The van der Waals surface area contributed by atoms with Crippen LogP contribution in [0.2, 0.25) is 0 Å². The topological polar surface area (TPSA) is 12.5 Å². The molecule has 2 aliphatic rings. The Hall–Kier alpha value is -0.0800. The molecule has 2 fully saturated rings. The zero-order valence-corrected chi connectivity index (χ0v) is 9.92. The quantitative estimate of drug-likeness (QED) is 0.673. The third kappa shape index (κ3) is 1.70. The zero-order valence-electron chi connectivity index (χ0n) is 9.92. The summed E-state index contributed by atoms with van der Waals surface area (Å²) in [4.78, 5) is 2.50. The average Bonchev–Trinajstić information content (AvgIpc) is 2.44. The lowest BCUT2D eigenvalue weighted by Gasteiger charge is -2.49. The van der Waals surface area contributed by atoms with Crippen molar-refractivity contribution in [2.24, 2.45) is 5.92 Å². The fourth-order valence-electron chi connectivity index (χ4n) is 2.61. The highest BCUT2D eigenvalue weighted by atomic mass is 16.5. The van der Waals surface area contributed by atoms with Gasteiger partial charge in [-0.05, 0) is 32.6 Å². The number of rotatable bonds is 2. The van der Waals surface area contributed by atoms with E-state index < -0.39 is 0 Å². The molecule has 0 bridgehead atoms. The van der Waals surface area contributed by atoms with Crippen molar-refractivity contribution in [2.45, 2.75) is 58.3 Å². The van der Waals surface area contributed by atoms with Crippen molar-refractivity contribution in [1.29, 1.82) is 0 Å². The van der Waals surface area contributed by atoms with Crippen molar-refractivity contribution in [3.63, 3.8) is 0 Å². The molecule has 0 aliphatic carbocycles. The van der Waals surface area contributed by atoms with Crippen LogP contribution >= 0.6 is 0 Å². The number of hydrogen-bond acceptors (Lipinski definition) is 2. The van der Waals surface area contributed by atoms with Gasteiger partial charge in [-0.15, -0.1) is 0 Å². The van der Waals surface area contributed by atoms with Crippen molar-refractivity contribution < 1.29 is 4.74 Å². The molecular weight excluding hydrogens is 174 g/mol. The van der Waals surface area contributed by atoms with Crippen molar-refractivity contribution in [2.75, 3.05) is 13.1 Å². The Labute approximate surface area is 87.6 Å². The number of likely N-dealkylation sites (tertiary alicyclic amines) is 1. The molecule has 0 amide bonds. The Balaban J connectivity index is 1.86. The van der Waals surface area contributed by atoms with Crippen LogP contribution in [-0.2, 0) is 4.74 Å². The fraction of sp³-hybridized carbons (Fsp3) is 1.00. The summed E-state index contributed by atoms with van der Waals surface area (Å²) in [5.74, 6) is 0.683. The van der Waals surface area contributed by atoms with Crippen LogP contribution in [0, 0.1) is 5.92 Å². The van der Waals surface area contributed by atoms with Crippen LogP contribution in [0.1, 0.15) is 40.5 Å². The highest BCUT2D eigenvalue weighted by Crippen LogP contribution is 2.40. The lowest BCUT2D eigenvalue weighted by Crippen LogP contribution is -2.63. The molecule has 14 heavy (non-hydrogen) atoms. The molecule has 2 heteroatoms. The first-order chi connectivity index (χ1) is 6.52. The predicted molar refractivity (Wildman–Crippen MR) is 58.4 cm³/mol. The number of nitrogens with zero attached hydrogens (tertiary/aromatic N) is 1. The molecule has 1 atom stereocenters. The Morgan fingerprint density at radius 2 is 1.86 bits per heavy atom. The molecule has 2 aliphatic heterocycles. The standard InChI is InChI=1S/C12H23NO/c1-9(2)11-5-6-12(14-11)7-13(8-12)10(3)4/h9-11H,5-8H2,1-4H3. The van der Waals surface area contributed by atoms with Crippen LogP contribution in [0.15, 0.2) is 0 Å². The first-order valence-electron chi connectivity index (χ1n) is 5.94. The molecule has 1 spiro atoms. The number of hydrogen-bond donors (Lipinski definition) is 0. The van der Waals surface area contributed by atoms with E-state index in [1.165, 1.54) is 12.8 Å². The third-order valence-corrected chi connectivity index (χ3v) is 3.74. The first kappa shape index (κ1) is 10.4. The molecule has 2 rings (SSSR count). The van der Waals surface area contributed by atoms with E-state index >= 15 is 0 Å². The first-order valence-corrected chi connectivity index (χ1v) is 5.94. The van der Waals surface area contributed by atoms with E-state index in [-0.39, 0.29) is 5.60 Å². The van der Waals surface area contributed by atoms with E-state index in [9.17, 15) is 0 Å². The maximum absolute atomic E-state index is 6.19. The largest absolute Gasteiger partial charge is 0.369 e. The maximum Gasteiger partial charge on any atom is 0.0939 e. The molecule has 2 saturated heterocycles. The van der Waals surface area contributed by atoms with E-state index in [2.05, 4.69) is 32.6 Å². The summed E-state index contributed by atoms with van der Waals surface area (Å²) in [7, 11) is 0. The van der Waals surface area contributed by atoms with Crippen molar-refractivity contribution >= 4 is 0 Å². The summed E-state index contributed by atoms with van der Waals surface area (Å²) in [6, 6.07) is 0.683. The predicted octanol–water partition coefficient (Wildman–Crippen LogP) is 2.28. The van der Waals surface area contributed by atoms with Crippen molar-refractivity contribution in [3.8, 4) is 0 Å². The van der Waals surface area contributed by atoms with Gasteiger partial charge in [-0.1, -0.05) is 13.8 Å². The minimum absolute atomic E-state index is 0.249. The van der Waals surface area contributed by atoms with Gasteiger partial charge < -0.3 is 4.74 Å². The van der Waals surface area contributed by atoms with Gasteiger partial charge >= 0.3 is 0 Å². The van der Waals surface area contributed by atoms with E-state index in [1.54, 1.807) is 0 Å². The lowest BCUT2D eigenvalue weighted by atomic mass is 9.89. The van der Waals surface area contributed by atoms with Gasteiger partial charge in [0.15, 0.2) is 0 Å². The van der Waals surface area contributed by atoms with E-state index in [4.69, 9.17) is 4.74 Å². The van der Waals surface area contributed by atoms with Crippen LogP contribution in [0.5, 0.6) is 0 Å². The minimum Gasteiger partial charge on any atom is -0.369 e.